The Bertz CT molecular complexity index is 1010. The first-order chi connectivity index (χ1) is 11.4. The molecule has 2 aromatic carbocycles. The third-order valence-corrected chi connectivity index (χ3v) is 3.59. The van der Waals surface area contributed by atoms with Gasteiger partial charge >= 0.3 is 0 Å². The number of hydrogen-bond acceptors (Lipinski definition) is 2. The van der Waals surface area contributed by atoms with Gasteiger partial charge in [-0.15, -0.1) is 0 Å². The van der Waals surface area contributed by atoms with Crippen LogP contribution in [0.5, 0.6) is 0 Å². The highest BCUT2D eigenvalue weighted by molar-refractivity contribution is 5.82. The van der Waals surface area contributed by atoms with Crippen molar-refractivity contribution in [3.63, 3.8) is 0 Å². The molecular weight excluding hydrogens is 282 g/mol. The molecule has 0 bridgehead atoms. The maximum absolute atomic E-state index is 5.39. The molecule has 2 heteroatoms. The lowest BCUT2D eigenvalue weighted by molar-refractivity contribution is 0.580. The van der Waals surface area contributed by atoms with Crippen LogP contribution in [0.3, 0.4) is 0 Å². The van der Waals surface area contributed by atoms with E-state index in [2.05, 4.69) is 22.9 Å². The Kier molecular flexibility index (Phi) is 3.38. The van der Waals surface area contributed by atoms with Crippen LogP contribution in [0, 0.1) is 11.8 Å². The number of furan rings is 1. The van der Waals surface area contributed by atoms with Crippen molar-refractivity contribution in [2.75, 3.05) is 0 Å². The maximum atomic E-state index is 5.39. The summed E-state index contributed by atoms with van der Waals surface area (Å²) in [6.07, 6.45) is 1.66. The summed E-state index contributed by atoms with van der Waals surface area (Å²) in [5.41, 5.74) is 3.77. The minimum atomic E-state index is 0.778. The summed E-state index contributed by atoms with van der Waals surface area (Å²) in [6.45, 7) is 0. The fraction of sp³-hybridized carbons (Fsp3) is 0. The molecule has 0 unspecified atom stereocenters. The molecule has 0 fully saturated rings. The van der Waals surface area contributed by atoms with Crippen molar-refractivity contribution in [1.82, 2.24) is 4.98 Å². The van der Waals surface area contributed by atoms with Crippen molar-refractivity contribution in [2.45, 2.75) is 0 Å². The quantitative estimate of drug-likeness (QED) is 0.467. The van der Waals surface area contributed by atoms with Crippen LogP contribution in [0.4, 0.5) is 0 Å². The van der Waals surface area contributed by atoms with Crippen LogP contribution in [-0.2, 0) is 0 Å². The molecule has 0 saturated heterocycles. The summed E-state index contributed by atoms with van der Waals surface area (Å²) < 4.78 is 5.39. The smallest absolute Gasteiger partial charge is 0.152 e. The molecule has 108 valence electrons. The van der Waals surface area contributed by atoms with Crippen LogP contribution in [0.15, 0.2) is 83.5 Å². The van der Waals surface area contributed by atoms with E-state index in [1.807, 2.05) is 66.7 Å². The molecule has 2 aromatic heterocycles. The normalized spacial score (nSPS) is 10.3. The van der Waals surface area contributed by atoms with E-state index in [-0.39, 0.29) is 0 Å². The monoisotopic (exact) mass is 295 g/mol. The second kappa shape index (κ2) is 5.82. The Morgan fingerprint density at radius 2 is 1.61 bits per heavy atom. The number of benzene rings is 2. The van der Waals surface area contributed by atoms with Crippen LogP contribution in [0.2, 0.25) is 0 Å². The van der Waals surface area contributed by atoms with E-state index in [0.717, 1.165) is 33.5 Å². The molecule has 0 spiro atoms. The Morgan fingerprint density at radius 3 is 2.43 bits per heavy atom. The molecule has 0 atom stereocenters. The van der Waals surface area contributed by atoms with Crippen LogP contribution < -0.4 is 0 Å². The van der Waals surface area contributed by atoms with Crippen molar-refractivity contribution < 1.29 is 4.42 Å². The van der Waals surface area contributed by atoms with E-state index < -0.39 is 0 Å². The van der Waals surface area contributed by atoms with Crippen molar-refractivity contribution in [3.05, 3.63) is 90.2 Å². The van der Waals surface area contributed by atoms with E-state index >= 15 is 0 Å². The van der Waals surface area contributed by atoms with E-state index in [0.29, 0.717) is 0 Å². The lowest BCUT2D eigenvalue weighted by atomic mass is 10.1. The molecule has 4 aromatic rings. The zero-order valence-electron chi connectivity index (χ0n) is 12.4. The van der Waals surface area contributed by atoms with Crippen LogP contribution in [0.25, 0.3) is 22.4 Å². The van der Waals surface area contributed by atoms with Gasteiger partial charge in [-0.2, -0.15) is 0 Å². The zero-order valence-corrected chi connectivity index (χ0v) is 12.4. The summed E-state index contributed by atoms with van der Waals surface area (Å²) in [4.78, 5) is 4.64. The minimum absolute atomic E-state index is 0.778. The van der Waals surface area contributed by atoms with Gasteiger partial charge in [0, 0.05) is 16.5 Å². The topological polar surface area (TPSA) is 26.0 Å². The van der Waals surface area contributed by atoms with Crippen LogP contribution >= 0.6 is 0 Å². The van der Waals surface area contributed by atoms with E-state index in [1.54, 1.807) is 6.26 Å². The van der Waals surface area contributed by atoms with Gasteiger partial charge in [-0.3, -0.25) is 0 Å². The van der Waals surface area contributed by atoms with Crippen molar-refractivity contribution in [2.24, 2.45) is 0 Å². The van der Waals surface area contributed by atoms with Crippen molar-refractivity contribution in [1.29, 1.82) is 0 Å². The number of nitrogens with zero attached hydrogens (tertiary/aromatic N) is 1. The number of hydrogen-bond donors (Lipinski definition) is 0. The maximum Gasteiger partial charge on any atom is 0.152 e. The molecule has 0 aliphatic heterocycles. The average Bonchev–Trinajstić information content (AvgIpc) is 3.15. The molecule has 2 nitrogen and oxygen atoms in total. The zero-order chi connectivity index (χ0) is 15.5. The molecule has 23 heavy (non-hydrogen) atoms. The van der Waals surface area contributed by atoms with Gasteiger partial charge in [0.2, 0.25) is 0 Å². The van der Waals surface area contributed by atoms with Gasteiger partial charge in [-0.25, -0.2) is 4.98 Å². The summed E-state index contributed by atoms with van der Waals surface area (Å²) in [6, 6.07) is 23.8. The summed E-state index contributed by atoms with van der Waals surface area (Å²) in [5, 5.41) is 1.07. The highest BCUT2D eigenvalue weighted by Gasteiger charge is 2.04. The molecule has 2 heterocycles. The second-order valence-electron chi connectivity index (χ2n) is 5.20. The first-order valence-electron chi connectivity index (χ1n) is 7.40. The van der Waals surface area contributed by atoms with Gasteiger partial charge in [0.15, 0.2) is 5.76 Å². The molecule has 4 rings (SSSR count). The van der Waals surface area contributed by atoms with E-state index in [1.165, 1.54) is 0 Å². The van der Waals surface area contributed by atoms with Gasteiger partial charge in [0.1, 0.15) is 5.69 Å². The second-order valence-corrected chi connectivity index (χ2v) is 5.20. The first-order valence-corrected chi connectivity index (χ1v) is 7.40. The number of pyridine rings is 1. The van der Waals surface area contributed by atoms with Crippen molar-refractivity contribution >= 4 is 10.9 Å². The highest BCUT2D eigenvalue weighted by Crippen LogP contribution is 2.21. The van der Waals surface area contributed by atoms with Gasteiger partial charge in [0.25, 0.3) is 0 Å². The Morgan fingerprint density at radius 1 is 0.739 bits per heavy atom. The summed E-state index contributed by atoms with van der Waals surface area (Å²) >= 11 is 0. The Hall–Kier alpha value is -3.31. The van der Waals surface area contributed by atoms with Crippen LogP contribution in [-0.4, -0.2) is 4.98 Å². The predicted octanol–water partition coefficient (Wildman–Crippen LogP) is 4.89. The molecule has 0 aliphatic rings. The first kappa shape index (κ1) is 13.4. The molecule has 0 radical (unpaired) electrons. The highest BCUT2D eigenvalue weighted by atomic mass is 16.3. The van der Waals surface area contributed by atoms with Gasteiger partial charge in [-0.1, -0.05) is 36.1 Å². The van der Waals surface area contributed by atoms with Gasteiger partial charge in [0.05, 0.1) is 11.8 Å². The van der Waals surface area contributed by atoms with E-state index in [9.17, 15) is 0 Å². The van der Waals surface area contributed by atoms with Crippen LogP contribution in [0.1, 0.15) is 11.1 Å². The lowest BCUT2D eigenvalue weighted by Gasteiger charge is -2.01. The standard InChI is InChI=1S/C21H13NO/c1-2-5-16(6-3-1)8-9-17-10-12-19-18(15-17)11-13-20(22-19)21-7-4-14-23-21/h1-7,10-15H. The Labute approximate surface area is 134 Å². The fourth-order valence-electron chi connectivity index (χ4n) is 2.43. The summed E-state index contributed by atoms with van der Waals surface area (Å²) in [5.74, 6) is 7.15. The largest absolute Gasteiger partial charge is 0.463 e. The molecular formula is C21H13NO. The van der Waals surface area contributed by atoms with Crippen molar-refractivity contribution in [3.8, 4) is 23.3 Å². The average molecular weight is 295 g/mol. The molecule has 0 saturated carbocycles. The lowest BCUT2D eigenvalue weighted by Crippen LogP contribution is -1.85. The van der Waals surface area contributed by atoms with Gasteiger partial charge in [-0.05, 0) is 48.5 Å². The fourth-order valence-corrected chi connectivity index (χ4v) is 2.43. The van der Waals surface area contributed by atoms with E-state index in [4.69, 9.17) is 4.42 Å². The molecule has 0 N–H and O–H groups in total. The minimum Gasteiger partial charge on any atom is -0.463 e. The SMILES string of the molecule is C(#Cc1ccc2nc(-c3ccco3)ccc2c1)c1ccccc1. The molecule has 0 aliphatic carbocycles. The number of aromatic nitrogens is 1. The third-order valence-electron chi connectivity index (χ3n) is 3.59. The molecule has 0 amide bonds. The Balaban J connectivity index is 1.69. The third kappa shape index (κ3) is 2.86. The summed E-state index contributed by atoms with van der Waals surface area (Å²) in [7, 11) is 0. The van der Waals surface area contributed by atoms with Gasteiger partial charge < -0.3 is 4.42 Å². The number of fused-ring (bicyclic) bond motifs is 1. The number of rotatable bonds is 1. The predicted molar refractivity (Wildman–Crippen MR) is 91.9 cm³/mol.